The number of ether oxygens (including phenoxy) is 1. The van der Waals surface area contributed by atoms with Crippen LogP contribution in [0.25, 0.3) is 0 Å². The summed E-state index contributed by atoms with van der Waals surface area (Å²) in [6.07, 6.45) is 2.14. The Morgan fingerprint density at radius 1 is 1.33 bits per heavy atom. The minimum absolute atomic E-state index is 0.00342. The van der Waals surface area contributed by atoms with Gasteiger partial charge in [0.15, 0.2) is 0 Å². The smallest absolute Gasteiger partial charge is 0.239 e. The SMILES string of the molecule is N#CCCN(CC(=O)NC1CCOCC1)c1ccccc1. The average molecular weight is 287 g/mol. The first-order valence-corrected chi connectivity index (χ1v) is 7.33. The molecule has 5 heteroatoms. The maximum Gasteiger partial charge on any atom is 0.239 e. The minimum atomic E-state index is 0.00342. The summed E-state index contributed by atoms with van der Waals surface area (Å²) in [5, 5.41) is 11.8. The molecule has 112 valence electrons. The summed E-state index contributed by atoms with van der Waals surface area (Å²) in [7, 11) is 0. The Hall–Kier alpha value is -2.06. The second-order valence-electron chi connectivity index (χ2n) is 5.12. The van der Waals surface area contributed by atoms with Gasteiger partial charge in [0.2, 0.25) is 5.91 Å². The van der Waals surface area contributed by atoms with E-state index in [1.165, 1.54) is 0 Å². The highest BCUT2D eigenvalue weighted by Gasteiger charge is 2.18. The number of nitrogens with one attached hydrogen (secondary N) is 1. The Bertz CT molecular complexity index is 478. The van der Waals surface area contributed by atoms with E-state index in [0.29, 0.717) is 26.2 Å². The van der Waals surface area contributed by atoms with Crippen LogP contribution in [-0.4, -0.2) is 38.3 Å². The predicted octanol–water partition coefficient (Wildman–Crippen LogP) is 1.70. The van der Waals surface area contributed by atoms with E-state index in [9.17, 15) is 4.79 Å². The number of nitriles is 1. The molecule has 1 saturated heterocycles. The van der Waals surface area contributed by atoms with E-state index in [2.05, 4.69) is 11.4 Å². The molecule has 0 bridgehead atoms. The predicted molar refractivity (Wildman–Crippen MR) is 80.9 cm³/mol. The lowest BCUT2D eigenvalue weighted by molar-refractivity contribution is -0.121. The molecule has 0 radical (unpaired) electrons. The number of hydrogen-bond acceptors (Lipinski definition) is 4. The van der Waals surface area contributed by atoms with Gasteiger partial charge < -0.3 is 15.0 Å². The van der Waals surface area contributed by atoms with E-state index in [-0.39, 0.29) is 18.5 Å². The van der Waals surface area contributed by atoms with Crippen LogP contribution in [0.4, 0.5) is 5.69 Å². The molecule has 1 aromatic carbocycles. The van der Waals surface area contributed by atoms with E-state index in [4.69, 9.17) is 10.00 Å². The van der Waals surface area contributed by atoms with E-state index in [0.717, 1.165) is 18.5 Å². The fourth-order valence-corrected chi connectivity index (χ4v) is 2.41. The highest BCUT2D eigenvalue weighted by atomic mass is 16.5. The van der Waals surface area contributed by atoms with Crippen LogP contribution >= 0.6 is 0 Å². The molecular formula is C16H21N3O2. The molecule has 0 unspecified atom stereocenters. The van der Waals surface area contributed by atoms with Crippen molar-refractivity contribution in [2.24, 2.45) is 0 Å². The second kappa shape index (κ2) is 8.28. The Labute approximate surface area is 125 Å². The molecule has 1 aromatic rings. The standard InChI is InChI=1S/C16H21N3O2/c17-9-4-10-19(15-5-2-1-3-6-15)13-16(20)18-14-7-11-21-12-8-14/h1-3,5-6,14H,4,7-8,10-13H2,(H,18,20). The number of carbonyl (C=O) groups is 1. The zero-order valence-electron chi connectivity index (χ0n) is 12.1. The number of anilines is 1. The first-order chi connectivity index (χ1) is 10.3. The third-order valence-corrected chi connectivity index (χ3v) is 3.54. The molecule has 0 aliphatic carbocycles. The van der Waals surface area contributed by atoms with Crippen LogP contribution in [0, 0.1) is 11.3 Å². The number of para-hydroxylation sites is 1. The molecule has 5 nitrogen and oxygen atoms in total. The van der Waals surface area contributed by atoms with E-state index in [1.807, 2.05) is 35.2 Å². The van der Waals surface area contributed by atoms with E-state index < -0.39 is 0 Å². The van der Waals surface area contributed by atoms with Gasteiger partial charge in [0.25, 0.3) is 0 Å². The molecule has 1 N–H and O–H groups in total. The fourth-order valence-electron chi connectivity index (χ4n) is 2.41. The zero-order chi connectivity index (χ0) is 14.9. The second-order valence-corrected chi connectivity index (χ2v) is 5.12. The van der Waals surface area contributed by atoms with Crippen molar-refractivity contribution in [3.05, 3.63) is 30.3 Å². The number of benzene rings is 1. The van der Waals surface area contributed by atoms with Gasteiger partial charge in [-0.15, -0.1) is 0 Å². The third kappa shape index (κ3) is 5.09. The maximum absolute atomic E-state index is 12.2. The third-order valence-electron chi connectivity index (χ3n) is 3.54. The lowest BCUT2D eigenvalue weighted by Crippen LogP contribution is -2.44. The highest BCUT2D eigenvalue weighted by Crippen LogP contribution is 2.13. The van der Waals surface area contributed by atoms with Gasteiger partial charge in [0.05, 0.1) is 19.0 Å². The van der Waals surface area contributed by atoms with Gasteiger partial charge in [-0.25, -0.2) is 0 Å². The molecule has 0 spiro atoms. The van der Waals surface area contributed by atoms with Crippen molar-refractivity contribution in [1.82, 2.24) is 5.32 Å². The summed E-state index contributed by atoms with van der Waals surface area (Å²) in [6.45, 7) is 2.26. The lowest BCUT2D eigenvalue weighted by Gasteiger charge is -2.27. The fraction of sp³-hybridized carbons (Fsp3) is 0.500. The molecule has 2 rings (SSSR count). The van der Waals surface area contributed by atoms with Crippen LogP contribution in [0.3, 0.4) is 0 Å². The largest absolute Gasteiger partial charge is 0.381 e. The molecule has 1 heterocycles. The van der Waals surface area contributed by atoms with Gasteiger partial charge in [-0.3, -0.25) is 4.79 Å². The molecule has 1 aliphatic rings. The molecular weight excluding hydrogens is 266 g/mol. The van der Waals surface area contributed by atoms with E-state index in [1.54, 1.807) is 0 Å². The number of nitrogens with zero attached hydrogens (tertiary/aromatic N) is 2. The van der Waals surface area contributed by atoms with Gasteiger partial charge in [-0.05, 0) is 25.0 Å². The molecule has 0 aromatic heterocycles. The van der Waals surface area contributed by atoms with Gasteiger partial charge >= 0.3 is 0 Å². The zero-order valence-corrected chi connectivity index (χ0v) is 12.1. The average Bonchev–Trinajstić information content (AvgIpc) is 2.53. The van der Waals surface area contributed by atoms with Crippen LogP contribution in [0.2, 0.25) is 0 Å². The first-order valence-electron chi connectivity index (χ1n) is 7.33. The van der Waals surface area contributed by atoms with E-state index >= 15 is 0 Å². The Morgan fingerprint density at radius 3 is 2.71 bits per heavy atom. The highest BCUT2D eigenvalue weighted by molar-refractivity contribution is 5.81. The van der Waals surface area contributed by atoms with Gasteiger partial charge in [-0.1, -0.05) is 18.2 Å². The molecule has 1 aliphatic heterocycles. The summed E-state index contributed by atoms with van der Waals surface area (Å²) < 4.78 is 5.29. The molecule has 21 heavy (non-hydrogen) atoms. The summed E-state index contributed by atoms with van der Waals surface area (Å²) in [5.41, 5.74) is 0.967. The van der Waals surface area contributed by atoms with Gasteiger partial charge in [0.1, 0.15) is 0 Å². The van der Waals surface area contributed by atoms with Crippen molar-refractivity contribution >= 4 is 11.6 Å². The Morgan fingerprint density at radius 2 is 2.05 bits per heavy atom. The van der Waals surface area contributed by atoms with Crippen molar-refractivity contribution in [3.63, 3.8) is 0 Å². The van der Waals surface area contributed by atoms with Crippen LogP contribution in [0.5, 0.6) is 0 Å². The minimum Gasteiger partial charge on any atom is -0.381 e. The van der Waals surface area contributed by atoms with Gasteiger partial charge in [-0.2, -0.15) is 5.26 Å². The number of carbonyl (C=O) groups excluding carboxylic acids is 1. The van der Waals surface area contributed by atoms with Crippen LogP contribution in [0.1, 0.15) is 19.3 Å². The normalized spacial score (nSPS) is 15.2. The maximum atomic E-state index is 12.2. The number of amides is 1. The van der Waals surface area contributed by atoms with Crippen molar-refractivity contribution in [3.8, 4) is 6.07 Å². The molecule has 1 fully saturated rings. The van der Waals surface area contributed by atoms with Crippen LogP contribution in [-0.2, 0) is 9.53 Å². The molecule has 1 amide bonds. The quantitative estimate of drug-likeness (QED) is 0.865. The van der Waals surface area contributed by atoms with Crippen molar-refractivity contribution < 1.29 is 9.53 Å². The van der Waals surface area contributed by atoms with Crippen molar-refractivity contribution in [2.75, 3.05) is 31.2 Å². The number of hydrogen-bond donors (Lipinski definition) is 1. The molecule has 0 saturated carbocycles. The topological polar surface area (TPSA) is 65.4 Å². The number of rotatable bonds is 6. The summed E-state index contributed by atoms with van der Waals surface area (Å²) in [5.74, 6) is 0.00342. The summed E-state index contributed by atoms with van der Waals surface area (Å²) in [6, 6.07) is 12.1. The lowest BCUT2D eigenvalue weighted by atomic mass is 10.1. The monoisotopic (exact) mass is 287 g/mol. The van der Waals surface area contributed by atoms with Crippen molar-refractivity contribution in [2.45, 2.75) is 25.3 Å². The summed E-state index contributed by atoms with van der Waals surface area (Å²) in [4.78, 5) is 14.1. The van der Waals surface area contributed by atoms with Crippen molar-refractivity contribution in [1.29, 1.82) is 5.26 Å². The van der Waals surface area contributed by atoms with Gasteiger partial charge in [0, 0.05) is 31.5 Å². The van der Waals surface area contributed by atoms with Crippen LogP contribution in [0.15, 0.2) is 30.3 Å². The summed E-state index contributed by atoms with van der Waals surface area (Å²) >= 11 is 0. The first kappa shape index (κ1) is 15.3. The van der Waals surface area contributed by atoms with Crippen LogP contribution < -0.4 is 10.2 Å². The Kier molecular flexibility index (Phi) is 6.04. The molecule has 0 atom stereocenters. The Balaban J connectivity index is 1.91.